The Morgan fingerprint density at radius 2 is 1.94 bits per heavy atom. The molecular weight excluding hydrogens is 392 g/mol. The SMILES string of the molecule is CCCCC[C@@H](O)c1ccc([C@@H]2[C@@H](C/C=C/CCCC(=O)OCCO)CC[C@H]2O)cc1. The first kappa shape index (κ1) is 25.6. The number of carbonyl (C=O) groups excluding carboxylic acids is 1. The van der Waals surface area contributed by atoms with Crippen molar-refractivity contribution in [3.05, 3.63) is 47.5 Å². The number of carbonyl (C=O) groups is 1. The van der Waals surface area contributed by atoms with Crippen LogP contribution in [0.5, 0.6) is 0 Å². The molecule has 1 saturated carbocycles. The Balaban J connectivity index is 1.81. The summed E-state index contributed by atoms with van der Waals surface area (Å²) >= 11 is 0. The first-order valence-electron chi connectivity index (χ1n) is 11.9. The molecule has 4 atom stereocenters. The van der Waals surface area contributed by atoms with Crippen molar-refractivity contribution in [1.29, 1.82) is 0 Å². The van der Waals surface area contributed by atoms with Gasteiger partial charge in [0.2, 0.25) is 0 Å². The molecule has 1 aromatic rings. The molecule has 5 nitrogen and oxygen atoms in total. The number of aliphatic hydroxyl groups excluding tert-OH is 3. The van der Waals surface area contributed by atoms with Gasteiger partial charge in [0.25, 0.3) is 0 Å². The molecule has 174 valence electrons. The predicted octanol–water partition coefficient (Wildman–Crippen LogP) is 4.81. The molecule has 3 N–H and O–H groups in total. The van der Waals surface area contributed by atoms with E-state index in [2.05, 4.69) is 31.2 Å². The third-order valence-corrected chi connectivity index (χ3v) is 6.25. The Hall–Kier alpha value is -1.69. The van der Waals surface area contributed by atoms with E-state index in [1.165, 1.54) is 0 Å². The van der Waals surface area contributed by atoms with E-state index in [9.17, 15) is 15.0 Å². The van der Waals surface area contributed by atoms with Crippen LogP contribution in [0.25, 0.3) is 0 Å². The Morgan fingerprint density at radius 1 is 1.16 bits per heavy atom. The number of unbranched alkanes of at least 4 members (excludes halogenated alkanes) is 3. The molecule has 5 heteroatoms. The minimum Gasteiger partial charge on any atom is -0.463 e. The first-order chi connectivity index (χ1) is 15.1. The summed E-state index contributed by atoms with van der Waals surface area (Å²) in [6.07, 6.45) is 12.3. The van der Waals surface area contributed by atoms with Crippen molar-refractivity contribution < 1.29 is 24.9 Å². The van der Waals surface area contributed by atoms with Crippen molar-refractivity contribution in [3.63, 3.8) is 0 Å². The zero-order valence-corrected chi connectivity index (χ0v) is 18.9. The molecule has 0 saturated heterocycles. The summed E-state index contributed by atoms with van der Waals surface area (Å²) in [4.78, 5) is 11.4. The Labute approximate surface area is 187 Å². The fourth-order valence-electron chi connectivity index (χ4n) is 4.50. The molecule has 1 aliphatic rings. The molecular formula is C26H40O5. The monoisotopic (exact) mass is 432 g/mol. The van der Waals surface area contributed by atoms with Gasteiger partial charge >= 0.3 is 5.97 Å². The molecule has 0 heterocycles. The molecule has 0 bridgehead atoms. The highest BCUT2D eigenvalue weighted by Gasteiger charge is 2.35. The standard InChI is InChI=1S/C26H40O5/c1-2-3-6-10-23(28)20-12-14-22(15-13-20)26-21(16-17-24(26)29)9-7-4-5-8-11-25(30)31-19-18-27/h4,7,12-15,21,23-24,26-29H,2-3,5-6,8-11,16-19H2,1H3/b7-4+/t21-,23+,24+,26-/m0/s1. The lowest BCUT2D eigenvalue weighted by Gasteiger charge is -2.22. The van der Waals surface area contributed by atoms with Crippen LogP contribution in [0.15, 0.2) is 36.4 Å². The zero-order valence-electron chi connectivity index (χ0n) is 18.9. The topological polar surface area (TPSA) is 87.0 Å². The van der Waals surface area contributed by atoms with Gasteiger partial charge in [-0.15, -0.1) is 0 Å². The van der Waals surface area contributed by atoms with Gasteiger partial charge in [0.1, 0.15) is 6.61 Å². The van der Waals surface area contributed by atoms with Crippen LogP contribution in [0.1, 0.15) is 94.3 Å². The Bertz CT molecular complexity index is 654. The van der Waals surface area contributed by atoms with Crippen molar-refractivity contribution in [2.24, 2.45) is 5.92 Å². The highest BCUT2D eigenvalue weighted by Crippen LogP contribution is 2.42. The van der Waals surface area contributed by atoms with E-state index < -0.39 is 6.10 Å². The first-order valence-corrected chi connectivity index (χ1v) is 11.9. The highest BCUT2D eigenvalue weighted by molar-refractivity contribution is 5.69. The number of rotatable bonds is 14. The summed E-state index contributed by atoms with van der Waals surface area (Å²) in [6.45, 7) is 2.10. The summed E-state index contributed by atoms with van der Waals surface area (Å²) < 4.78 is 4.84. The quantitative estimate of drug-likeness (QED) is 0.223. The van der Waals surface area contributed by atoms with Crippen LogP contribution >= 0.6 is 0 Å². The lowest BCUT2D eigenvalue weighted by molar-refractivity contribution is -0.144. The van der Waals surface area contributed by atoms with Gasteiger partial charge in [-0.05, 0) is 55.6 Å². The molecule has 0 aliphatic heterocycles. The van der Waals surface area contributed by atoms with Gasteiger partial charge in [-0.2, -0.15) is 0 Å². The van der Waals surface area contributed by atoms with Gasteiger partial charge in [0.05, 0.1) is 18.8 Å². The van der Waals surface area contributed by atoms with Gasteiger partial charge in [-0.25, -0.2) is 0 Å². The van der Waals surface area contributed by atoms with Crippen LogP contribution in [0, 0.1) is 5.92 Å². The zero-order chi connectivity index (χ0) is 22.5. The summed E-state index contributed by atoms with van der Waals surface area (Å²) in [7, 11) is 0. The molecule has 2 rings (SSSR count). The summed E-state index contributed by atoms with van der Waals surface area (Å²) in [6, 6.07) is 8.18. The molecule has 1 aromatic carbocycles. The largest absolute Gasteiger partial charge is 0.463 e. The van der Waals surface area contributed by atoms with E-state index in [1.54, 1.807) is 0 Å². The summed E-state index contributed by atoms with van der Waals surface area (Å²) in [5, 5.41) is 29.6. The smallest absolute Gasteiger partial charge is 0.305 e. The van der Waals surface area contributed by atoms with Crippen molar-refractivity contribution in [2.45, 2.75) is 89.3 Å². The molecule has 31 heavy (non-hydrogen) atoms. The number of ether oxygens (including phenoxy) is 1. The third kappa shape index (κ3) is 8.76. The van der Waals surface area contributed by atoms with Crippen LogP contribution in [-0.4, -0.2) is 40.6 Å². The minimum absolute atomic E-state index is 0.0683. The van der Waals surface area contributed by atoms with Crippen molar-refractivity contribution in [1.82, 2.24) is 0 Å². The highest BCUT2D eigenvalue weighted by atomic mass is 16.5. The average molecular weight is 433 g/mol. The van der Waals surface area contributed by atoms with Crippen LogP contribution in [0.3, 0.4) is 0 Å². The number of aliphatic hydroxyl groups is 3. The second-order valence-corrected chi connectivity index (χ2v) is 8.65. The number of allylic oxidation sites excluding steroid dienone is 2. The van der Waals surface area contributed by atoms with Gasteiger partial charge in [0, 0.05) is 12.3 Å². The maximum atomic E-state index is 11.4. The molecule has 0 spiro atoms. The molecule has 0 radical (unpaired) electrons. The van der Waals surface area contributed by atoms with Crippen LogP contribution in [-0.2, 0) is 9.53 Å². The molecule has 0 aromatic heterocycles. The summed E-state index contributed by atoms with van der Waals surface area (Å²) in [5.74, 6) is 0.269. The lowest BCUT2D eigenvalue weighted by atomic mass is 9.85. The van der Waals surface area contributed by atoms with E-state index in [1.807, 2.05) is 12.1 Å². The van der Waals surface area contributed by atoms with Crippen LogP contribution in [0.4, 0.5) is 0 Å². The van der Waals surface area contributed by atoms with Crippen molar-refractivity contribution in [2.75, 3.05) is 13.2 Å². The third-order valence-electron chi connectivity index (χ3n) is 6.25. The van der Waals surface area contributed by atoms with E-state index >= 15 is 0 Å². The van der Waals surface area contributed by atoms with Crippen molar-refractivity contribution >= 4 is 5.97 Å². The van der Waals surface area contributed by atoms with E-state index in [-0.39, 0.29) is 31.2 Å². The van der Waals surface area contributed by atoms with Gasteiger partial charge in [-0.3, -0.25) is 4.79 Å². The molecule has 1 aliphatic carbocycles. The molecule has 0 amide bonds. The Kier molecular flexibility index (Phi) is 11.9. The van der Waals surface area contributed by atoms with Gasteiger partial charge in [-0.1, -0.05) is 62.6 Å². The molecule has 0 unspecified atom stereocenters. The number of benzene rings is 1. The van der Waals surface area contributed by atoms with E-state index in [4.69, 9.17) is 9.84 Å². The van der Waals surface area contributed by atoms with Crippen LogP contribution < -0.4 is 0 Å². The maximum absolute atomic E-state index is 11.4. The lowest BCUT2D eigenvalue weighted by Crippen LogP contribution is -2.17. The van der Waals surface area contributed by atoms with Gasteiger partial charge in [0.15, 0.2) is 0 Å². The number of esters is 1. The second-order valence-electron chi connectivity index (χ2n) is 8.65. The maximum Gasteiger partial charge on any atom is 0.305 e. The Morgan fingerprint density at radius 3 is 2.65 bits per heavy atom. The molecule has 1 fully saturated rings. The minimum atomic E-state index is -0.409. The number of hydrogen-bond acceptors (Lipinski definition) is 5. The van der Waals surface area contributed by atoms with E-state index in [0.717, 1.165) is 68.9 Å². The average Bonchev–Trinajstić information content (AvgIpc) is 3.15. The van der Waals surface area contributed by atoms with Gasteiger partial charge < -0.3 is 20.1 Å². The van der Waals surface area contributed by atoms with Crippen molar-refractivity contribution in [3.8, 4) is 0 Å². The fourth-order valence-corrected chi connectivity index (χ4v) is 4.50. The van der Waals surface area contributed by atoms with Crippen LogP contribution in [0.2, 0.25) is 0 Å². The number of hydrogen-bond donors (Lipinski definition) is 3. The second kappa shape index (κ2) is 14.4. The normalized spacial score (nSPS) is 22.1. The van der Waals surface area contributed by atoms with E-state index in [0.29, 0.717) is 12.3 Å². The fraction of sp³-hybridized carbons (Fsp3) is 0.654. The summed E-state index contributed by atoms with van der Waals surface area (Å²) in [5.41, 5.74) is 2.11. The predicted molar refractivity (Wildman–Crippen MR) is 123 cm³/mol.